The normalized spacial score (nSPS) is 15.7. The first-order chi connectivity index (χ1) is 5.63. The summed E-state index contributed by atoms with van der Waals surface area (Å²) in [5, 5.41) is 0. The van der Waals surface area contributed by atoms with E-state index in [9.17, 15) is 0 Å². The number of hydrogen-bond acceptors (Lipinski definition) is 2. The molecule has 0 fully saturated rings. The lowest BCUT2D eigenvalue weighted by molar-refractivity contribution is 0.391. The van der Waals surface area contributed by atoms with Crippen LogP contribution in [0.2, 0.25) is 0 Å². The van der Waals surface area contributed by atoms with Crippen LogP contribution in [0.25, 0.3) is 0 Å². The highest BCUT2D eigenvalue weighted by atomic mass is 15.2. The highest BCUT2D eigenvalue weighted by molar-refractivity contribution is 5.02. The summed E-state index contributed by atoms with van der Waals surface area (Å²) < 4.78 is 0. The highest BCUT2D eigenvalue weighted by Crippen LogP contribution is 2.16. The van der Waals surface area contributed by atoms with Gasteiger partial charge in [0.15, 0.2) is 0 Å². The quantitative estimate of drug-likeness (QED) is 0.364. The van der Waals surface area contributed by atoms with Crippen LogP contribution in [0.5, 0.6) is 0 Å². The fourth-order valence-corrected chi connectivity index (χ4v) is 1.48. The van der Waals surface area contributed by atoms with Gasteiger partial charge in [-0.2, -0.15) is 0 Å². The summed E-state index contributed by atoms with van der Waals surface area (Å²) in [6.45, 7) is 10.4. The van der Waals surface area contributed by atoms with Crippen molar-refractivity contribution >= 4 is 0 Å². The Labute approximate surface area is 76.2 Å². The Morgan fingerprint density at radius 2 is 2.17 bits per heavy atom. The Morgan fingerprint density at radius 1 is 1.58 bits per heavy atom. The van der Waals surface area contributed by atoms with Gasteiger partial charge in [0.2, 0.25) is 0 Å². The minimum atomic E-state index is 0.275. The molecule has 0 aromatic rings. The fraction of sp³-hybridized carbons (Fsp3) is 0.800. The Morgan fingerprint density at radius 3 is 2.50 bits per heavy atom. The van der Waals surface area contributed by atoms with E-state index >= 15 is 0 Å². The maximum absolute atomic E-state index is 5.44. The molecule has 0 aliphatic heterocycles. The number of rotatable bonds is 6. The monoisotopic (exact) mass is 170 g/mol. The Balaban J connectivity index is 3.85. The second kappa shape index (κ2) is 6.21. The van der Waals surface area contributed by atoms with Gasteiger partial charge >= 0.3 is 0 Å². The molecule has 0 bridgehead atoms. The molecule has 2 unspecified atom stereocenters. The number of unbranched alkanes of at least 4 members (excludes halogenated alkanes) is 1. The van der Waals surface area contributed by atoms with Crippen LogP contribution < -0.4 is 11.3 Å². The Bertz CT molecular complexity index is 132. The van der Waals surface area contributed by atoms with Gasteiger partial charge in [0.05, 0.1) is 0 Å². The average molecular weight is 170 g/mol. The number of hydrogen-bond donors (Lipinski definition) is 2. The molecule has 2 nitrogen and oxygen atoms in total. The SMILES string of the molecule is C=C(C)C(NN)C(C)CCCC. The minimum absolute atomic E-state index is 0.275. The third-order valence-electron chi connectivity index (χ3n) is 2.29. The van der Waals surface area contributed by atoms with Crippen molar-refractivity contribution in [2.45, 2.75) is 46.1 Å². The van der Waals surface area contributed by atoms with Crippen LogP contribution in [-0.2, 0) is 0 Å². The van der Waals surface area contributed by atoms with E-state index < -0.39 is 0 Å². The molecular weight excluding hydrogens is 148 g/mol. The minimum Gasteiger partial charge on any atom is -0.271 e. The summed E-state index contributed by atoms with van der Waals surface area (Å²) in [4.78, 5) is 0. The molecule has 0 aliphatic carbocycles. The van der Waals surface area contributed by atoms with Crippen LogP contribution in [0.1, 0.15) is 40.0 Å². The summed E-state index contributed by atoms with van der Waals surface area (Å²) in [5.41, 5.74) is 3.94. The van der Waals surface area contributed by atoms with Crippen LogP contribution in [0.3, 0.4) is 0 Å². The van der Waals surface area contributed by atoms with Crippen molar-refractivity contribution in [2.75, 3.05) is 0 Å². The first-order valence-corrected chi connectivity index (χ1v) is 4.75. The van der Waals surface area contributed by atoms with Crippen molar-refractivity contribution in [3.8, 4) is 0 Å². The molecule has 72 valence electrons. The van der Waals surface area contributed by atoms with E-state index in [1.807, 2.05) is 6.92 Å². The van der Waals surface area contributed by atoms with Crippen molar-refractivity contribution in [3.05, 3.63) is 12.2 Å². The van der Waals surface area contributed by atoms with Crippen LogP contribution in [0, 0.1) is 5.92 Å². The molecule has 12 heavy (non-hydrogen) atoms. The number of hydrazine groups is 1. The van der Waals surface area contributed by atoms with Crippen molar-refractivity contribution < 1.29 is 0 Å². The maximum Gasteiger partial charge on any atom is 0.0440 e. The first-order valence-electron chi connectivity index (χ1n) is 4.75. The topological polar surface area (TPSA) is 38.0 Å². The third-order valence-corrected chi connectivity index (χ3v) is 2.29. The van der Waals surface area contributed by atoms with Crippen LogP contribution >= 0.6 is 0 Å². The zero-order chi connectivity index (χ0) is 9.56. The molecule has 0 radical (unpaired) electrons. The average Bonchev–Trinajstić information content (AvgIpc) is 2.01. The van der Waals surface area contributed by atoms with E-state index in [-0.39, 0.29) is 6.04 Å². The molecular formula is C10H22N2. The molecule has 0 aliphatic rings. The molecule has 0 spiro atoms. The zero-order valence-corrected chi connectivity index (χ0v) is 8.56. The second-order valence-corrected chi connectivity index (χ2v) is 3.61. The van der Waals surface area contributed by atoms with Crippen LogP contribution in [0.4, 0.5) is 0 Å². The maximum atomic E-state index is 5.44. The largest absolute Gasteiger partial charge is 0.271 e. The van der Waals surface area contributed by atoms with Gasteiger partial charge in [0.1, 0.15) is 0 Å². The molecule has 0 amide bonds. The standard InChI is InChI=1S/C10H22N2/c1-5-6-7-9(4)10(12-11)8(2)3/h9-10,12H,2,5-7,11H2,1,3-4H3. The van der Waals surface area contributed by atoms with Gasteiger partial charge in [-0.15, -0.1) is 0 Å². The third kappa shape index (κ3) is 3.88. The lowest BCUT2D eigenvalue weighted by Crippen LogP contribution is -2.40. The second-order valence-electron chi connectivity index (χ2n) is 3.61. The summed E-state index contributed by atoms with van der Waals surface area (Å²) in [7, 11) is 0. The summed E-state index contributed by atoms with van der Waals surface area (Å²) >= 11 is 0. The van der Waals surface area contributed by atoms with Crippen molar-refractivity contribution in [3.63, 3.8) is 0 Å². The summed E-state index contributed by atoms with van der Waals surface area (Å²) in [6.07, 6.45) is 3.74. The van der Waals surface area contributed by atoms with Crippen molar-refractivity contribution in [1.82, 2.24) is 5.43 Å². The van der Waals surface area contributed by atoms with Crippen molar-refractivity contribution in [2.24, 2.45) is 11.8 Å². The smallest absolute Gasteiger partial charge is 0.0440 e. The van der Waals surface area contributed by atoms with Crippen LogP contribution in [0.15, 0.2) is 12.2 Å². The Kier molecular flexibility index (Phi) is 6.03. The molecule has 0 saturated carbocycles. The number of nitrogens with one attached hydrogen (secondary N) is 1. The molecule has 0 aromatic carbocycles. The van der Waals surface area contributed by atoms with E-state index in [4.69, 9.17) is 5.84 Å². The molecule has 0 saturated heterocycles. The number of nitrogens with two attached hydrogens (primary N) is 1. The van der Waals surface area contributed by atoms with E-state index in [0.717, 1.165) is 5.57 Å². The first kappa shape index (κ1) is 11.7. The zero-order valence-electron chi connectivity index (χ0n) is 8.56. The van der Waals surface area contributed by atoms with Gasteiger partial charge in [-0.3, -0.25) is 11.3 Å². The predicted octanol–water partition coefficient (Wildman–Crippen LogP) is 2.22. The molecule has 2 atom stereocenters. The molecule has 3 N–H and O–H groups in total. The van der Waals surface area contributed by atoms with Gasteiger partial charge in [0, 0.05) is 6.04 Å². The van der Waals surface area contributed by atoms with E-state index in [1.165, 1.54) is 19.3 Å². The molecule has 0 rings (SSSR count). The summed E-state index contributed by atoms with van der Waals surface area (Å²) in [5.74, 6) is 6.03. The lowest BCUT2D eigenvalue weighted by Gasteiger charge is -2.23. The lowest BCUT2D eigenvalue weighted by atomic mass is 9.92. The molecule has 0 aromatic heterocycles. The van der Waals surface area contributed by atoms with E-state index in [0.29, 0.717) is 5.92 Å². The highest BCUT2D eigenvalue weighted by Gasteiger charge is 2.15. The predicted molar refractivity (Wildman–Crippen MR) is 54.6 cm³/mol. The van der Waals surface area contributed by atoms with Crippen LogP contribution in [-0.4, -0.2) is 6.04 Å². The van der Waals surface area contributed by atoms with Crippen molar-refractivity contribution in [1.29, 1.82) is 0 Å². The van der Waals surface area contributed by atoms with Gasteiger partial charge in [-0.05, 0) is 19.3 Å². The summed E-state index contributed by atoms with van der Waals surface area (Å²) in [6, 6.07) is 0.275. The van der Waals surface area contributed by atoms with Gasteiger partial charge in [-0.1, -0.05) is 38.8 Å². The van der Waals surface area contributed by atoms with Gasteiger partial charge in [0.25, 0.3) is 0 Å². The molecule has 2 heteroatoms. The molecule has 0 heterocycles. The fourth-order valence-electron chi connectivity index (χ4n) is 1.48. The van der Waals surface area contributed by atoms with E-state index in [1.54, 1.807) is 0 Å². The van der Waals surface area contributed by atoms with Gasteiger partial charge < -0.3 is 0 Å². The van der Waals surface area contributed by atoms with E-state index in [2.05, 4.69) is 25.9 Å². The Hall–Kier alpha value is -0.340. The van der Waals surface area contributed by atoms with Gasteiger partial charge in [-0.25, -0.2) is 0 Å².